The fraction of sp³-hybridized carbons (Fsp3) is 0.833. The van der Waals surface area contributed by atoms with Gasteiger partial charge in [-0.15, -0.1) is 0 Å². The number of fused-ring (bicyclic) bond motifs is 1. The first-order valence-corrected chi connectivity index (χ1v) is 6.36. The summed E-state index contributed by atoms with van der Waals surface area (Å²) in [5.74, 6) is -3.29. The summed E-state index contributed by atoms with van der Waals surface area (Å²) >= 11 is 0. The number of ether oxygens (including phenoxy) is 2. The molecule has 1 saturated carbocycles. The molecule has 2 fully saturated rings. The molecule has 0 bridgehead atoms. The van der Waals surface area contributed by atoms with Crippen LogP contribution < -0.4 is 0 Å². The number of aliphatic carboxylic acids is 1. The van der Waals surface area contributed by atoms with Crippen molar-refractivity contribution in [3.63, 3.8) is 0 Å². The number of hydrogen-bond acceptors (Lipinski definition) is 4. The van der Waals surface area contributed by atoms with E-state index in [2.05, 4.69) is 0 Å². The Kier molecular flexibility index (Phi) is 3.59. The number of carbonyl (C=O) groups excluding carboxylic acids is 1. The van der Waals surface area contributed by atoms with Crippen LogP contribution in [0.1, 0.15) is 20.8 Å². The highest BCUT2D eigenvalue weighted by molar-refractivity contribution is 5.81. The van der Waals surface area contributed by atoms with Crippen LogP contribution in [0.25, 0.3) is 0 Å². The number of morpholine rings is 1. The van der Waals surface area contributed by atoms with Gasteiger partial charge in [0.15, 0.2) is 6.04 Å². The lowest BCUT2D eigenvalue weighted by Gasteiger charge is -2.34. The Bertz CT molecular complexity index is 459. The quantitative estimate of drug-likeness (QED) is 0.796. The Balaban J connectivity index is 2.23. The molecule has 2 rings (SSSR count). The van der Waals surface area contributed by atoms with Crippen LogP contribution in [-0.2, 0) is 14.3 Å². The maximum Gasteiger partial charge on any atom is 0.411 e. The number of nitrogens with zero attached hydrogens (tertiary/aromatic N) is 1. The van der Waals surface area contributed by atoms with Gasteiger partial charge in [-0.25, -0.2) is 9.59 Å². The maximum atomic E-state index is 12.8. The van der Waals surface area contributed by atoms with Gasteiger partial charge in [-0.3, -0.25) is 4.90 Å². The molecule has 1 heterocycles. The third-order valence-electron chi connectivity index (χ3n) is 3.29. The highest BCUT2D eigenvalue weighted by Crippen LogP contribution is 2.52. The molecule has 9 heteroatoms. The summed E-state index contributed by atoms with van der Waals surface area (Å²) in [5.41, 5.74) is -0.934. The van der Waals surface area contributed by atoms with Crippen LogP contribution in [0, 0.1) is 5.92 Å². The van der Waals surface area contributed by atoms with Crippen LogP contribution in [0.3, 0.4) is 0 Å². The lowest BCUT2D eigenvalue weighted by molar-refractivity contribution is -0.157. The number of rotatable bonds is 1. The van der Waals surface area contributed by atoms with Crippen LogP contribution in [-0.4, -0.2) is 58.6 Å². The molecule has 21 heavy (non-hydrogen) atoms. The van der Waals surface area contributed by atoms with Gasteiger partial charge in [-0.05, 0) is 20.8 Å². The number of halogens is 3. The third-order valence-corrected chi connectivity index (χ3v) is 3.29. The SMILES string of the molecule is CC(C)(C)OC(=O)N1[C@H](C(=O)O)CO[C@@H]2C(C(F)(F)F)[C@@H]21. The van der Waals surface area contributed by atoms with Crippen LogP contribution in [0.2, 0.25) is 0 Å². The van der Waals surface area contributed by atoms with Crippen molar-refractivity contribution in [2.45, 2.75) is 50.7 Å². The lowest BCUT2D eigenvalue weighted by Crippen LogP contribution is -2.54. The summed E-state index contributed by atoms with van der Waals surface area (Å²) < 4.78 is 48.5. The molecule has 0 radical (unpaired) electrons. The Morgan fingerprint density at radius 1 is 1.29 bits per heavy atom. The monoisotopic (exact) mass is 311 g/mol. The van der Waals surface area contributed by atoms with E-state index in [0.29, 0.717) is 4.90 Å². The molecule has 1 aliphatic heterocycles. The smallest absolute Gasteiger partial charge is 0.411 e. The highest BCUT2D eigenvalue weighted by Gasteiger charge is 2.72. The molecule has 0 aromatic carbocycles. The summed E-state index contributed by atoms with van der Waals surface area (Å²) in [6.07, 6.45) is -6.84. The van der Waals surface area contributed by atoms with Crippen molar-refractivity contribution in [3.8, 4) is 0 Å². The minimum Gasteiger partial charge on any atom is -0.480 e. The van der Waals surface area contributed by atoms with Crippen molar-refractivity contribution < 1.29 is 37.3 Å². The van der Waals surface area contributed by atoms with E-state index >= 15 is 0 Å². The average Bonchev–Trinajstić information content (AvgIpc) is 2.97. The van der Waals surface area contributed by atoms with E-state index in [4.69, 9.17) is 14.6 Å². The molecule has 120 valence electrons. The number of carboxylic acid groups (broad SMARTS) is 1. The van der Waals surface area contributed by atoms with Gasteiger partial charge >= 0.3 is 18.2 Å². The van der Waals surface area contributed by atoms with E-state index in [1.54, 1.807) is 20.8 Å². The Labute approximate surface area is 118 Å². The first-order valence-electron chi connectivity index (χ1n) is 6.36. The van der Waals surface area contributed by atoms with Gasteiger partial charge in [0.25, 0.3) is 0 Å². The lowest BCUT2D eigenvalue weighted by atomic mass is 10.2. The van der Waals surface area contributed by atoms with Gasteiger partial charge in [-0.1, -0.05) is 0 Å². The van der Waals surface area contributed by atoms with E-state index in [1.807, 2.05) is 0 Å². The van der Waals surface area contributed by atoms with E-state index in [9.17, 15) is 22.8 Å². The number of carbonyl (C=O) groups is 2. The Hall–Kier alpha value is -1.51. The molecule has 2 aliphatic rings. The van der Waals surface area contributed by atoms with Gasteiger partial charge in [0.1, 0.15) is 11.5 Å². The summed E-state index contributed by atoms with van der Waals surface area (Å²) in [5, 5.41) is 9.07. The molecule has 0 aromatic rings. The molecule has 1 amide bonds. The predicted octanol–water partition coefficient (Wildman–Crippen LogP) is 1.64. The molecular weight excluding hydrogens is 295 g/mol. The second-order valence-electron chi connectivity index (χ2n) is 6.10. The predicted molar refractivity (Wildman–Crippen MR) is 62.6 cm³/mol. The van der Waals surface area contributed by atoms with Gasteiger partial charge in [0, 0.05) is 0 Å². The van der Waals surface area contributed by atoms with Crippen LogP contribution in [0.5, 0.6) is 0 Å². The van der Waals surface area contributed by atoms with E-state index in [0.717, 1.165) is 0 Å². The summed E-state index contributed by atoms with van der Waals surface area (Å²) in [6.45, 7) is 4.16. The molecular formula is C12H16F3NO5. The third kappa shape index (κ3) is 3.07. The zero-order chi connectivity index (χ0) is 16.2. The number of carboxylic acids is 1. The van der Waals surface area contributed by atoms with E-state index < -0.39 is 54.6 Å². The Morgan fingerprint density at radius 3 is 2.29 bits per heavy atom. The summed E-state index contributed by atoms with van der Waals surface area (Å²) in [7, 11) is 0. The fourth-order valence-electron chi connectivity index (χ4n) is 2.43. The molecule has 1 aliphatic carbocycles. The van der Waals surface area contributed by atoms with Gasteiger partial charge in [0.2, 0.25) is 0 Å². The maximum absolute atomic E-state index is 12.8. The number of alkyl halides is 3. The minimum atomic E-state index is -4.55. The molecule has 1 saturated heterocycles. The van der Waals surface area contributed by atoms with Crippen molar-refractivity contribution in [2.24, 2.45) is 5.92 Å². The molecule has 0 spiro atoms. The molecule has 4 atom stereocenters. The van der Waals surface area contributed by atoms with Crippen molar-refractivity contribution in [2.75, 3.05) is 6.61 Å². The van der Waals surface area contributed by atoms with Crippen molar-refractivity contribution in [3.05, 3.63) is 0 Å². The first-order chi connectivity index (χ1) is 9.43. The van der Waals surface area contributed by atoms with E-state index in [-0.39, 0.29) is 0 Å². The zero-order valence-corrected chi connectivity index (χ0v) is 11.7. The standard InChI is InChI=1S/C12H16F3NO5/c1-11(2,3)21-10(19)16-5(9(17)18)4-20-8-6(7(8)16)12(13,14)15/h5-8H,4H2,1-3H3,(H,17,18)/t5-,6?,7-,8+/m0/s1. The molecule has 6 nitrogen and oxygen atoms in total. The van der Waals surface area contributed by atoms with Crippen molar-refractivity contribution in [1.29, 1.82) is 0 Å². The summed E-state index contributed by atoms with van der Waals surface area (Å²) in [6, 6.07) is -2.82. The first kappa shape index (κ1) is 15.9. The average molecular weight is 311 g/mol. The highest BCUT2D eigenvalue weighted by atomic mass is 19.4. The topological polar surface area (TPSA) is 76.1 Å². The van der Waals surface area contributed by atoms with Crippen molar-refractivity contribution >= 4 is 12.1 Å². The number of hydrogen-bond donors (Lipinski definition) is 1. The fourth-order valence-corrected chi connectivity index (χ4v) is 2.43. The van der Waals surface area contributed by atoms with E-state index in [1.165, 1.54) is 0 Å². The summed E-state index contributed by atoms with van der Waals surface area (Å²) in [4.78, 5) is 23.9. The second kappa shape index (κ2) is 4.75. The van der Waals surface area contributed by atoms with Crippen molar-refractivity contribution in [1.82, 2.24) is 4.90 Å². The van der Waals surface area contributed by atoms with Crippen LogP contribution in [0.4, 0.5) is 18.0 Å². The largest absolute Gasteiger partial charge is 0.480 e. The van der Waals surface area contributed by atoms with Gasteiger partial charge in [0.05, 0.1) is 18.8 Å². The zero-order valence-electron chi connectivity index (χ0n) is 11.7. The molecule has 1 unspecified atom stereocenters. The normalized spacial score (nSPS) is 32.4. The second-order valence-corrected chi connectivity index (χ2v) is 6.10. The molecule has 1 N–H and O–H groups in total. The Morgan fingerprint density at radius 2 is 1.86 bits per heavy atom. The minimum absolute atomic E-state index is 0.484. The number of amides is 1. The van der Waals surface area contributed by atoms with Gasteiger partial charge in [-0.2, -0.15) is 13.2 Å². The van der Waals surface area contributed by atoms with Crippen LogP contribution >= 0.6 is 0 Å². The van der Waals surface area contributed by atoms with Crippen LogP contribution in [0.15, 0.2) is 0 Å². The van der Waals surface area contributed by atoms with Gasteiger partial charge < -0.3 is 14.6 Å². The molecule has 0 aromatic heterocycles.